The molecule has 1 N–H and O–H groups in total. The maximum absolute atomic E-state index is 11.9. The van der Waals surface area contributed by atoms with E-state index >= 15 is 0 Å². The molecular weight excluding hydrogens is 254 g/mol. The minimum atomic E-state index is -0.446. The number of hydrogen-bond donors (Lipinski definition) is 1. The van der Waals surface area contributed by atoms with Crippen LogP contribution < -0.4 is 5.32 Å². The van der Waals surface area contributed by atoms with Gasteiger partial charge < -0.3 is 10.1 Å². The Morgan fingerprint density at radius 1 is 1.15 bits per heavy atom. The van der Waals surface area contributed by atoms with Crippen molar-refractivity contribution < 1.29 is 14.3 Å². The first kappa shape index (κ1) is 16.2. The molecule has 0 unspecified atom stereocenters. The van der Waals surface area contributed by atoms with Crippen LogP contribution in [-0.2, 0) is 20.7 Å². The van der Waals surface area contributed by atoms with Crippen LogP contribution in [0.25, 0.3) is 0 Å². The van der Waals surface area contributed by atoms with Crippen LogP contribution in [0.15, 0.2) is 24.3 Å². The lowest BCUT2D eigenvalue weighted by Gasteiger charge is -2.13. The van der Waals surface area contributed by atoms with Crippen molar-refractivity contribution in [2.45, 2.75) is 33.1 Å². The first-order chi connectivity index (χ1) is 9.43. The van der Waals surface area contributed by atoms with Crippen molar-refractivity contribution in [1.82, 2.24) is 5.32 Å². The number of nitrogens with one attached hydrogen (secondary N) is 1. The highest BCUT2D eigenvalue weighted by Gasteiger charge is 2.16. The predicted octanol–water partition coefficient (Wildman–Crippen LogP) is 2.28. The molecule has 110 valence electrons. The number of hydrogen-bond acceptors (Lipinski definition) is 3. The fraction of sp³-hybridized carbons (Fsp3) is 0.500. The van der Waals surface area contributed by atoms with Gasteiger partial charge in [-0.3, -0.25) is 9.59 Å². The van der Waals surface area contributed by atoms with Crippen LogP contribution in [0, 0.1) is 5.92 Å². The van der Waals surface area contributed by atoms with Gasteiger partial charge in [-0.25, -0.2) is 0 Å². The third kappa shape index (κ3) is 5.03. The van der Waals surface area contributed by atoms with Crippen molar-refractivity contribution in [3.8, 4) is 0 Å². The molecule has 0 fully saturated rings. The first-order valence-electron chi connectivity index (χ1n) is 6.87. The highest BCUT2D eigenvalue weighted by molar-refractivity contribution is 5.86. The van der Waals surface area contributed by atoms with Gasteiger partial charge in [-0.1, -0.05) is 38.1 Å². The molecule has 0 heterocycles. The second-order valence-electron chi connectivity index (χ2n) is 5.36. The second kappa shape index (κ2) is 7.68. The molecule has 0 saturated heterocycles. The number of carbonyl (C=O) groups excluding carboxylic acids is 2. The zero-order valence-corrected chi connectivity index (χ0v) is 12.6. The molecule has 0 saturated carbocycles. The van der Waals surface area contributed by atoms with Crippen LogP contribution in [-0.4, -0.2) is 25.5 Å². The largest absolute Gasteiger partial charge is 0.468 e. The van der Waals surface area contributed by atoms with Crippen molar-refractivity contribution in [3.05, 3.63) is 35.4 Å². The Morgan fingerprint density at radius 3 is 2.25 bits per heavy atom. The SMILES string of the molecule is COC(=O)CNC(=O)[C@H](C)c1ccc(CC(C)C)cc1. The fourth-order valence-corrected chi connectivity index (χ4v) is 1.95. The summed E-state index contributed by atoms with van der Waals surface area (Å²) in [4.78, 5) is 22.9. The maximum atomic E-state index is 11.9. The van der Waals surface area contributed by atoms with E-state index in [0.29, 0.717) is 5.92 Å². The molecule has 1 rings (SSSR count). The molecule has 20 heavy (non-hydrogen) atoms. The van der Waals surface area contributed by atoms with Crippen LogP contribution >= 0.6 is 0 Å². The smallest absolute Gasteiger partial charge is 0.325 e. The standard InChI is InChI=1S/C16H23NO3/c1-11(2)9-13-5-7-14(8-6-13)12(3)16(19)17-10-15(18)20-4/h5-8,11-12H,9-10H2,1-4H3,(H,17,19)/t12-/m1/s1. The predicted molar refractivity (Wildman–Crippen MR) is 78.4 cm³/mol. The van der Waals surface area contributed by atoms with E-state index < -0.39 is 5.97 Å². The molecule has 0 spiro atoms. The summed E-state index contributed by atoms with van der Waals surface area (Å²) in [7, 11) is 1.30. The number of ether oxygens (including phenoxy) is 1. The van der Waals surface area contributed by atoms with Crippen LogP contribution in [0.2, 0.25) is 0 Å². The van der Waals surface area contributed by atoms with Gasteiger partial charge in [0.15, 0.2) is 0 Å². The summed E-state index contributed by atoms with van der Waals surface area (Å²) in [5.41, 5.74) is 2.21. The lowest BCUT2D eigenvalue weighted by atomic mass is 9.96. The second-order valence-corrected chi connectivity index (χ2v) is 5.36. The summed E-state index contributed by atoms with van der Waals surface area (Å²) in [6.45, 7) is 6.09. The molecule has 0 aliphatic heterocycles. The molecular formula is C16H23NO3. The molecule has 4 nitrogen and oxygen atoms in total. The first-order valence-corrected chi connectivity index (χ1v) is 6.87. The topological polar surface area (TPSA) is 55.4 Å². The van der Waals surface area contributed by atoms with Crippen molar-refractivity contribution in [3.63, 3.8) is 0 Å². The Balaban J connectivity index is 2.60. The molecule has 0 aliphatic carbocycles. The Bertz CT molecular complexity index is 451. The van der Waals surface area contributed by atoms with E-state index in [1.165, 1.54) is 12.7 Å². The highest BCUT2D eigenvalue weighted by atomic mass is 16.5. The average Bonchev–Trinajstić information content (AvgIpc) is 2.43. The van der Waals surface area contributed by atoms with E-state index in [9.17, 15) is 9.59 Å². The summed E-state index contributed by atoms with van der Waals surface area (Å²) in [6, 6.07) is 8.05. The third-order valence-electron chi connectivity index (χ3n) is 3.15. The van der Waals surface area contributed by atoms with E-state index in [4.69, 9.17) is 0 Å². The molecule has 1 atom stereocenters. The fourth-order valence-electron chi connectivity index (χ4n) is 1.95. The normalized spacial score (nSPS) is 12.1. The van der Waals surface area contributed by atoms with E-state index in [1.54, 1.807) is 0 Å². The molecule has 4 heteroatoms. The lowest BCUT2D eigenvalue weighted by molar-refractivity contribution is -0.141. The van der Waals surface area contributed by atoms with Crippen LogP contribution in [0.4, 0.5) is 0 Å². The van der Waals surface area contributed by atoms with Gasteiger partial charge in [-0.05, 0) is 30.4 Å². The van der Waals surface area contributed by atoms with Crippen molar-refractivity contribution in [2.24, 2.45) is 5.92 Å². The van der Waals surface area contributed by atoms with E-state index in [1.807, 2.05) is 19.1 Å². The summed E-state index contributed by atoms with van der Waals surface area (Å²) < 4.78 is 4.49. The number of benzene rings is 1. The number of amides is 1. The number of esters is 1. The zero-order chi connectivity index (χ0) is 15.1. The summed E-state index contributed by atoms with van der Waals surface area (Å²) in [5.74, 6) is -0.292. The minimum Gasteiger partial charge on any atom is -0.468 e. The Labute approximate surface area is 120 Å². The van der Waals surface area contributed by atoms with E-state index in [0.717, 1.165) is 12.0 Å². The molecule has 1 amide bonds. The van der Waals surface area contributed by atoms with Crippen LogP contribution in [0.5, 0.6) is 0 Å². The third-order valence-corrected chi connectivity index (χ3v) is 3.15. The van der Waals surface area contributed by atoms with Gasteiger partial charge >= 0.3 is 5.97 Å². The highest BCUT2D eigenvalue weighted by Crippen LogP contribution is 2.17. The summed E-state index contributed by atoms with van der Waals surface area (Å²) in [6.07, 6.45) is 1.03. The molecule has 0 aromatic heterocycles. The van der Waals surface area contributed by atoms with Gasteiger partial charge in [0.2, 0.25) is 5.91 Å². The minimum absolute atomic E-state index is 0.0922. The number of carbonyl (C=O) groups is 2. The Morgan fingerprint density at radius 2 is 1.75 bits per heavy atom. The monoisotopic (exact) mass is 277 g/mol. The van der Waals surface area contributed by atoms with Gasteiger partial charge in [-0.15, -0.1) is 0 Å². The van der Waals surface area contributed by atoms with E-state index in [2.05, 4.69) is 36.0 Å². The molecule has 1 aromatic rings. The summed E-state index contributed by atoms with van der Waals surface area (Å²) in [5, 5.41) is 2.56. The summed E-state index contributed by atoms with van der Waals surface area (Å²) >= 11 is 0. The van der Waals surface area contributed by atoms with Crippen molar-refractivity contribution in [1.29, 1.82) is 0 Å². The van der Waals surface area contributed by atoms with Gasteiger partial charge in [0.1, 0.15) is 6.54 Å². The maximum Gasteiger partial charge on any atom is 0.325 e. The van der Waals surface area contributed by atoms with Crippen LogP contribution in [0.3, 0.4) is 0 Å². The molecule has 0 bridgehead atoms. The van der Waals surface area contributed by atoms with Crippen LogP contribution in [0.1, 0.15) is 37.8 Å². The Kier molecular flexibility index (Phi) is 6.22. The quantitative estimate of drug-likeness (QED) is 0.812. The van der Waals surface area contributed by atoms with Gasteiger partial charge in [0.25, 0.3) is 0 Å². The van der Waals surface area contributed by atoms with Gasteiger partial charge in [-0.2, -0.15) is 0 Å². The number of methoxy groups -OCH3 is 1. The molecule has 0 aliphatic rings. The molecule has 0 radical (unpaired) electrons. The average molecular weight is 277 g/mol. The number of rotatable bonds is 6. The zero-order valence-electron chi connectivity index (χ0n) is 12.6. The lowest BCUT2D eigenvalue weighted by Crippen LogP contribution is -2.33. The Hall–Kier alpha value is -1.84. The van der Waals surface area contributed by atoms with E-state index in [-0.39, 0.29) is 18.4 Å². The van der Waals surface area contributed by atoms with Gasteiger partial charge in [0.05, 0.1) is 13.0 Å². The van der Waals surface area contributed by atoms with Crippen molar-refractivity contribution in [2.75, 3.05) is 13.7 Å². The molecule has 1 aromatic carbocycles. The van der Waals surface area contributed by atoms with Gasteiger partial charge in [0, 0.05) is 0 Å². The van der Waals surface area contributed by atoms with Crippen molar-refractivity contribution >= 4 is 11.9 Å².